The summed E-state index contributed by atoms with van der Waals surface area (Å²) < 4.78 is 5.31. The second-order valence-corrected chi connectivity index (χ2v) is 3.43. The molecular formula is C11H14N2O3. The van der Waals surface area contributed by atoms with Crippen LogP contribution in [0.1, 0.15) is 12.5 Å². The smallest absolute Gasteiger partial charge is 0.318 e. The predicted octanol–water partition coefficient (Wildman–Crippen LogP) is 0.957. The van der Waals surface area contributed by atoms with Crippen molar-refractivity contribution in [2.75, 3.05) is 0 Å². The van der Waals surface area contributed by atoms with Gasteiger partial charge in [-0.05, 0) is 26.0 Å². The second-order valence-electron chi connectivity index (χ2n) is 3.43. The van der Waals surface area contributed by atoms with Gasteiger partial charge in [-0.3, -0.25) is 10.1 Å². The Morgan fingerprint density at radius 2 is 1.88 bits per heavy atom. The molecule has 0 spiro atoms. The molecule has 0 radical (unpaired) electrons. The van der Waals surface area contributed by atoms with E-state index in [4.69, 9.17) is 10.5 Å². The van der Waals surface area contributed by atoms with Crippen molar-refractivity contribution in [2.45, 2.75) is 20.0 Å². The third kappa shape index (κ3) is 3.61. The number of nitrogens with two attached hydrogens (primary N) is 1. The highest BCUT2D eigenvalue weighted by Crippen LogP contribution is 2.13. The molecule has 1 aromatic rings. The zero-order valence-electron chi connectivity index (χ0n) is 9.19. The van der Waals surface area contributed by atoms with E-state index in [9.17, 15) is 9.59 Å². The van der Waals surface area contributed by atoms with Gasteiger partial charge in [-0.2, -0.15) is 0 Å². The predicted molar refractivity (Wildman–Crippen MR) is 59.0 cm³/mol. The lowest BCUT2D eigenvalue weighted by molar-refractivity contribution is -0.126. The van der Waals surface area contributed by atoms with Crippen molar-refractivity contribution >= 4 is 11.9 Å². The minimum absolute atomic E-state index is 0.562. The molecule has 1 atom stereocenters. The van der Waals surface area contributed by atoms with Crippen LogP contribution in [-0.2, 0) is 4.79 Å². The Balaban J connectivity index is 2.57. The normalized spacial score (nSPS) is 11.6. The van der Waals surface area contributed by atoms with E-state index in [-0.39, 0.29) is 0 Å². The molecule has 0 saturated heterocycles. The van der Waals surface area contributed by atoms with Crippen molar-refractivity contribution in [1.82, 2.24) is 5.32 Å². The summed E-state index contributed by atoms with van der Waals surface area (Å²) in [6, 6.07) is 6.36. The standard InChI is InChI=1S/C11H14N2O3/c1-7-3-5-9(6-4-7)16-8(2)10(14)13-11(12)15/h3-6,8H,1-2H3,(H3,12,13,14,15). The quantitative estimate of drug-likeness (QED) is 0.799. The fourth-order valence-electron chi connectivity index (χ4n) is 1.10. The van der Waals surface area contributed by atoms with Crippen molar-refractivity contribution in [1.29, 1.82) is 0 Å². The number of rotatable bonds is 3. The highest BCUT2D eigenvalue weighted by atomic mass is 16.5. The maximum absolute atomic E-state index is 11.3. The Morgan fingerprint density at radius 3 is 2.38 bits per heavy atom. The molecule has 3 N–H and O–H groups in total. The third-order valence-electron chi connectivity index (χ3n) is 1.95. The SMILES string of the molecule is Cc1ccc(OC(C)C(=O)NC(N)=O)cc1. The van der Waals surface area contributed by atoms with E-state index < -0.39 is 18.0 Å². The zero-order valence-corrected chi connectivity index (χ0v) is 9.19. The van der Waals surface area contributed by atoms with Crippen molar-refractivity contribution in [2.24, 2.45) is 5.73 Å². The average Bonchev–Trinajstić information content (AvgIpc) is 2.20. The lowest BCUT2D eigenvalue weighted by atomic mass is 10.2. The Morgan fingerprint density at radius 1 is 1.31 bits per heavy atom. The summed E-state index contributed by atoms with van der Waals surface area (Å²) in [5.41, 5.74) is 5.92. The Hall–Kier alpha value is -2.04. The molecule has 5 heteroatoms. The summed E-state index contributed by atoms with van der Waals surface area (Å²) in [7, 11) is 0. The number of urea groups is 1. The number of carbonyl (C=O) groups is 2. The lowest BCUT2D eigenvalue weighted by Gasteiger charge is -2.13. The molecule has 16 heavy (non-hydrogen) atoms. The number of primary amides is 1. The molecule has 0 aliphatic rings. The summed E-state index contributed by atoms with van der Waals surface area (Å²) in [5, 5.41) is 1.95. The molecule has 5 nitrogen and oxygen atoms in total. The first-order chi connectivity index (χ1) is 7.49. The maximum atomic E-state index is 11.3. The Bertz CT molecular complexity index is 387. The number of carbonyl (C=O) groups excluding carboxylic acids is 2. The van der Waals surface area contributed by atoms with E-state index in [2.05, 4.69) is 0 Å². The van der Waals surface area contributed by atoms with Gasteiger partial charge in [0.25, 0.3) is 5.91 Å². The van der Waals surface area contributed by atoms with E-state index in [0.717, 1.165) is 5.56 Å². The number of ether oxygens (including phenoxy) is 1. The molecule has 0 bridgehead atoms. The molecule has 1 rings (SSSR count). The van der Waals surface area contributed by atoms with E-state index in [1.807, 2.05) is 24.4 Å². The van der Waals surface area contributed by atoms with Crippen LogP contribution in [0.15, 0.2) is 24.3 Å². The van der Waals surface area contributed by atoms with E-state index in [1.54, 1.807) is 12.1 Å². The fraction of sp³-hybridized carbons (Fsp3) is 0.273. The van der Waals surface area contributed by atoms with Gasteiger partial charge in [0.1, 0.15) is 5.75 Å². The van der Waals surface area contributed by atoms with Crippen LogP contribution in [0.4, 0.5) is 4.79 Å². The molecule has 1 unspecified atom stereocenters. The van der Waals surface area contributed by atoms with Gasteiger partial charge >= 0.3 is 6.03 Å². The van der Waals surface area contributed by atoms with Crippen LogP contribution in [0, 0.1) is 6.92 Å². The Labute approximate surface area is 93.6 Å². The van der Waals surface area contributed by atoms with Gasteiger partial charge in [0.05, 0.1) is 0 Å². The molecule has 0 aliphatic heterocycles. The Kier molecular flexibility index (Phi) is 3.88. The van der Waals surface area contributed by atoms with Gasteiger partial charge in [0.15, 0.2) is 6.10 Å². The molecule has 86 valence electrons. The highest BCUT2D eigenvalue weighted by Gasteiger charge is 2.15. The molecule has 1 aromatic carbocycles. The van der Waals surface area contributed by atoms with Crippen LogP contribution in [0.3, 0.4) is 0 Å². The monoisotopic (exact) mass is 222 g/mol. The number of aryl methyl sites for hydroxylation is 1. The molecular weight excluding hydrogens is 208 g/mol. The summed E-state index contributed by atoms with van der Waals surface area (Å²) >= 11 is 0. The number of amides is 3. The van der Waals surface area contributed by atoms with Crippen LogP contribution in [0.5, 0.6) is 5.75 Å². The molecule has 0 saturated carbocycles. The highest BCUT2D eigenvalue weighted by molar-refractivity contribution is 5.95. The average molecular weight is 222 g/mol. The van der Waals surface area contributed by atoms with E-state index >= 15 is 0 Å². The number of benzene rings is 1. The van der Waals surface area contributed by atoms with Crippen molar-refractivity contribution in [3.8, 4) is 5.75 Å². The number of hydrogen-bond acceptors (Lipinski definition) is 3. The summed E-state index contributed by atoms with van der Waals surface area (Å²) in [6.07, 6.45) is -0.768. The summed E-state index contributed by atoms with van der Waals surface area (Å²) in [5.74, 6) is 0.00537. The molecule has 0 fully saturated rings. The van der Waals surface area contributed by atoms with Crippen molar-refractivity contribution in [3.63, 3.8) is 0 Å². The van der Waals surface area contributed by atoms with Gasteiger partial charge in [-0.25, -0.2) is 4.79 Å². The topological polar surface area (TPSA) is 81.4 Å². The lowest BCUT2D eigenvalue weighted by Crippen LogP contribution is -2.42. The minimum Gasteiger partial charge on any atom is -0.481 e. The van der Waals surface area contributed by atoms with Crippen LogP contribution < -0.4 is 15.8 Å². The maximum Gasteiger partial charge on any atom is 0.318 e. The molecule has 0 heterocycles. The summed E-state index contributed by atoms with van der Waals surface area (Å²) in [6.45, 7) is 3.49. The van der Waals surface area contributed by atoms with Gasteiger partial charge in [0, 0.05) is 0 Å². The van der Waals surface area contributed by atoms with Gasteiger partial charge in [-0.1, -0.05) is 17.7 Å². The van der Waals surface area contributed by atoms with Crippen LogP contribution in [0.25, 0.3) is 0 Å². The number of imide groups is 1. The second kappa shape index (κ2) is 5.16. The molecule has 3 amide bonds. The first kappa shape index (κ1) is 12.0. The van der Waals surface area contributed by atoms with Crippen LogP contribution >= 0.6 is 0 Å². The molecule has 0 aromatic heterocycles. The minimum atomic E-state index is -0.885. The van der Waals surface area contributed by atoms with E-state index in [0.29, 0.717) is 5.75 Å². The largest absolute Gasteiger partial charge is 0.481 e. The van der Waals surface area contributed by atoms with Crippen LogP contribution in [0.2, 0.25) is 0 Å². The third-order valence-corrected chi connectivity index (χ3v) is 1.95. The van der Waals surface area contributed by atoms with E-state index in [1.165, 1.54) is 6.92 Å². The number of hydrogen-bond donors (Lipinski definition) is 2. The first-order valence-electron chi connectivity index (χ1n) is 4.82. The van der Waals surface area contributed by atoms with Crippen molar-refractivity contribution < 1.29 is 14.3 Å². The summed E-state index contributed by atoms with van der Waals surface area (Å²) in [4.78, 5) is 21.7. The van der Waals surface area contributed by atoms with Crippen molar-refractivity contribution in [3.05, 3.63) is 29.8 Å². The van der Waals surface area contributed by atoms with Gasteiger partial charge < -0.3 is 10.5 Å². The first-order valence-corrected chi connectivity index (χ1v) is 4.82. The zero-order chi connectivity index (χ0) is 12.1. The molecule has 0 aliphatic carbocycles. The van der Waals surface area contributed by atoms with Gasteiger partial charge in [-0.15, -0.1) is 0 Å². The fourth-order valence-corrected chi connectivity index (χ4v) is 1.10. The number of nitrogens with one attached hydrogen (secondary N) is 1. The van der Waals surface area contributed by atoms with Crippen LogP contribution in [-0.4, -0.2) is 18.0 Å². The van der Waals surface area contributed by atoms with Gasteiger partial charge in [0.2, 0.25) is 0 Å².